The van der Waals surface area contributed by atoms with Crippen LogP contribution in [0.25, 0.3) is 0 Å². The average Bonchev–Trinajstić information content (AvgIpc) is 2.87. The van der Waals surface area contributed by atoms with Gasteiger partial charge in [0.15, 0.2) is 0 Å². The molecule has 1 amide bonds. The maximum atomic E-state index is 12.5. The molecule has 0 bridgehead atoms. The van der Waals surface area contributed by atoms with Gasteiger partial charge in [0, 0.05) is 31.1 Å². The summed E-state index contributed by atoms with van der Waals surface area (Å²) in [5, 5.41) is 0. The van der Waals surface area contributed by atoms with Gasteiger partial charge in [0.05, 0.1) is 5.56 Å². The van der Waals surface area contributed by atoms with Gasteiger partial charge in [-0.05, 0) is 31.1 Å². The van der Waals surface area contributed by atoms with Crippen LogP contribution in [0.4, 0.5) is 0 Å². The molecular weight excluding hydrogens is 284 g/mol. The summed E-state index contributed by atoms with van der Waals surface area (Å²) in [7, 11) is 0. The van der Waals surface area contributed by atoms with Gasteiger partial charge in [-0.2, -0.15) is 11.8 Å². The number of aromatic nitrogens is 1. The van der Waals surface area contributed by atoms with Gasteiger partial charge in [0.2, 0.25) is 5.88 Å². The van der Waals surface area contributed by atoms with Crippen molar-refractivity contribution in [2.75, 3.05) is 24.6 Å². The summed E-state index contributed by atoms with van der Waals surface area (Å²) < 4.78 is 5.82. The van der Waals surface area contributed by atoms with Crippen LogP contribution in [0, 0.1) is 0 Å². The van der Waals surface area contributed by atoms with Crippen LogP contribution in [0.2, 0.25) is 0 Å². The SMILES string of the molecule is O=C(c1ccc(OC2CCSC2)nc1)N1CCCCCC1. The van der Waals surface area contributed by atoms with E-state index in [0.717, 1.165) is 43.9 Å². The Bertz CT molecular complexity index is 464. The predicted molar refractivity (Wildman–Crippen MR) is 85.0 cm³/mol. The molecule has 0 N–H and O–H groups in total. The summed E-state index contributed by atoms with van der Waals surface area (Å²) in [6, 6.07) is 3.67. The van der Waals surface area contributed by atoms with E-state index in [1.807, 2.05) is 28.8 Å². The van der Waals surface area contributed by atoms with E-state index in [2.05, 4.69) is 4.98 Å². The van der Waals surface area contributed by atoms with E-state index in [0.29, 0.717) is 11.4 Å². The van der Waals surface area contributed by atoms with Crippen molar-refractivity contribution in [3.8, 4) is 5.88 Å². The molecular formula is C16H22N2O2S. The van der Waals surface area contributed by atoms with Crippen molar-refractivity contribution >= 4 is 17.7 Å². The molecule has 5 heteroatoms. The Hall–Kier alpha value is -1.23. The zero-order valence-corrected chi connectivity index (χ0v) is 13.1. The highest BCUT2D eigenvalue weighted by atomic mass is 32.2. The summed E-state index contributed by atoms with van der Waals surface area (Å²) >= 11 is 1.92. The Morgan fingerprint density at radius 3 is 2.67 bits per heavy atom. The number of pyridine rings is 1. The molecule has 1 unspecified atom stereocenters. The second kappa shape index (κ2) is 7.16. The van der Waals surface area contributed by atoms with Gasteiger partial charge in [0.25, 0.3) is 5.91 Å². The molecule has 2 aliphatic rings. The minimum Gasteiger partial charge on any atom is -0.473 e. The normalized spacial score (nSPS) is 22.9. The number of hydrogen-bond acceptors (Lipinski definition) is 4. The lowest BCUT2D eigenvalue weighted by atomic mass is 10.2. The number of carbonyl (C=O) groups is 1. The van der Waals surface area contributed by atoms with E-state index in [4.69, 9.17) is 4.74 Å². The maximum absolute atomic E-state index is 12.5. The number of ether oxygens (including phenoxy) is 1. The Kier molecular flexibility index (Phi) is 5.01. The summed E-state index contributed by atoms with van der Waals surface area (Å²) in [5.41, 5.74) is 0.671. The van der Waals surface area contributed by atoms with E-state index in [1.165, 1.54) is 12.8 Å². The number of rotatable bonds is 3. The molecule has 1 aromatic heterocycles. The fraction of sp³-hybridized carbons (Fsp3) is 0.625. The van der Waals surface area contributed by atoms with Crippen LogP contribution in [-0.2, 0) is 0 Å². The standard InChI is InChI=1S/C16H22N2O2S/c19-16(18-8-3-1-2-4-9-18)13-5-6-15(17-11-13)20-14-7-10-21-12-14/h5-6,11,14H,1-4,7-10,12H2. The first-order valence-corrected chi connectivity index (χ1v) is 8.98. The third-order valence-corrected chi connectivity index (χ3v) is 5.18. The topological polar surface area (TPSA) is 42.4 Å². The smallest absolute Gasteiger partial charge is 0.255 e. The number of hydrogen-bond donors (Lipinski definition) is 0. The first-order chi connectivity index (χ1) is 10.3. The van der Waals surface area contributed by atoms with Gasteiger partial charge < -0.3 is 9.64 Å². The lowest BCUT2D eigenvalue weighted by molar-refractivity contribution is 0.0761. The molecule has 3 rings (SSSR count). The monoisotopic (exact) mass is 306 g/mol. The minimum absolute atomic E-state index is 0.104. The number of amides is 1. The van der Waals surface area contributed by atoms with Crippen LogP contribution in [0.5, 0.6) is 5.88 Å². The molecule has 2 saturated heterocycles. The molecule has 114 valence electrons. The van der Waals surface area contributed by atoms with Crippen LogP contribution in [0.3, 0.4) is 0 Å². The van der Waals surface area contributed by atoms with E-state index in [1.54, 1.807) is 6.20 Å². The molecule has 2 aliphatic heterocycles. The Morgan fingerprint density at radius 2 is 2.05 bits per heavy atom. The van der Waals surface area contributed by atoms with Crippen LogP contribution in [0.15, 0.2) is 18.3 Å². The molecule has 21 heavy (non-hydrogen) atoms. The predicted octanol–water partition coefficient (Wildman–Crippen LogP) is 2.98. The molecule has 0 aromatic carbocycles. The minimum atomic E-state index is 0.104. The lowest BCUT2D eigenvalue weighted by Gasteiger charge is -2.20. The van der Waals surface area contributed by atoms with Crippen molar-refractivity contribution in [2.45, 2.75) is 38.2 Å². The molecule has 1 aromatic rings. The van der Waals surface area contributed by atoms with E-state index < -0.39 is 0 Å². The summed E-state index contributed by atoms with van der Waals surface area (Å²) in [5.74, 6) is 2.94. The number of likely N-dealkylation sites (tertiary alicyclic amines) is 1. The van der Waals surface area contributed by atoms with Gasteiger partial charge in [-0.3, -0.25) is 4.79 Å². The molecule has 2 fully saturated rings. The van der Waals surface area contributed by atoms with Crippen LogP contribution >= 0.6 is 11.8 Å². The van der Waals surface area contributed by atoms with Crippen molar-refractivity contribution in [3.05, 3.63) is 23.9 Å². The maximum Gasteiger partial charge on any atom is 0.255 e. The van der Waals surface area contributed by atoms with Crippen LogP contribution in [-0.4, -0.2) is 46.5 Å². The molecule has 4 nitrogen and oxygen atoms in total. The third-order valence-electron chi connectivity index (χ3n) is 4.05. The highest BCUT2D eigenvalue weighted by Gasteiger charge is 2.19. The highest BCUT2D eigenvalue weighted by Crippen LogP contribution is 2.22. The Balaban J connectivity index is 1.61. The van der Waals surface area contributed by atoms with Gasteiger partial charge in [0.1, 0.15) is 6.10 Å². The number of thioether (sulfide) groups is 1. The van der Waals surface area contributed by atoms with Gasteiger partial charge in [-0.25, -0.2) is 4.98 Å². The zero-order valence-electron chi connectivity index (χ0n) is 12.3. The molecule has 0 aliphatic carbocycles. The lowest BCUT2D eigenvalue weighted by Crippen LogP contribution is -2.31. The van der Waals surface area contributed by atoms with Crippen molar-refractivity contribution in [1.29, 1.82) is 0 Å². The number of nitrogens with zero attached hydrogens (tertiary/aromatic N) is 2. The molecule has 1 atom stereocenters. The van der Waals surface area contributed by atoms with E-state index in [9.17, 15) is 4.79 Å². The van der Waals surface area contributed by atoms with Gasteiger partial charge >= 0.3 is 0 Å². The largest absolute Gasteiger partial charge is 0.473 e. The molecule has 3 heterocycles. The summed E-state index contributed by atoms with van der Waals surface area (Å²) in [6.45, 7) is 1.74. The van der Waals surface area contributed by atoms with Crippen molar-refractivity contribution in [1.82, 2.24) is 9.88 Å². The molecule has 0 spiro atoms. The van der Waals surface area contributed by atoms with Gasteiger partial charge in [-0.1, -0.05) is 12.8 Å². The number of carbonyl (C=O) groups excluding carboxylic acids is 1. The first kappa shape index (κ1) is 14.7. The van der Waals surface area contributed by atoms with E-state index >= 15 is 0 Å². The van der Waals surface area contributed by atoms with E-state index in [-0.39, 0.29) is 12.0 Å². The van der Waals surface area contributed by atoms with Crippen molar-refractivity contribution in [3.63, 3.8) is 0 Å². The second-order valence-electron chi connectivity index (χ2n) is 5.69. The second-order valence-corrected chi connectivity index (χ2v) is 6.84. The summed E-state index contributed by atoms with van der Waals surface area (Å²) in [4.78, 5) is 18.7. The Morgan fingerprint density at radius 1 is 1.24 bits per heavy atom. The fourth-order valence-corrected chi connectivity index (χ4v) is 3.90. The van der Waals surface area contributed by atoms with Crippen LogP contribution in [0.1, 0.15) is 42.5 Å². The summed E-state index contributed by atoms with van der Waals surface area (Å²) in [6.07, 6.45) is 7.70. The van der Waals surface area contributed by atoms with Crippen LogP contribution < -0.4 is 4.74 Å². The zero-order chi connectivity index (χ0) is 14.5. The average molecular weight is 306 g/mol. The van der Waals surface area contributed by atoms with Gasteiger partial charge in [-0.15, -0.1) is 0 Å². The first-order valence-electron chi connectivity index (χ1n) is 7.83. The third kappa shape index (κ3) is 3.90. The molecule has 0 saturated carbocycles. The fourth-order valence-electron chi connectivity index (χ4n) is 2.81. The molecule has 0 radical (unpaired) electrons. The quantitative estimate of drug-likeness (QED) is 0.861. The van der Waals surface area contributed by atoms with Crippen molar-refractivity contribution < 1.29 is 9.53 Å². The van der Waals surface area contributed by atoms with Crippen molar-refractivity contribution in [2.24, 2.45) is 0 Å². The Labute approximate surface area is 130 Å². The highest BCUT2D eigenvalue weighted by molar-refractivity contribution is 7.99.